The summed E-state index contributed by atoms with van der Waals surface area (Å²) in [6.45, 7) is 4.06. The Balaban J connectivity index is 2.01. The molecule has 3 atom stereocenters. The minimum Gasteiger partial charge on any atom is -0.329 e. The molecule has 2 aromatic rings. The van der Waals surface area contributed by atoms with Gasteiger partial charge in [0.15, 0.2) is 9.84 Å². The van der Waals surface area contributed by atoms with Crippen LogP contribution in [0.25, 0.3) is 0 Å². The summed E-state index contributed by atoms with van der Waals surface area (Å²) >= 11 is 0. The molecule has 0 amide bonds. The molecule has 3 rings (SSSR count). The molecule has 4 N–H and O–H groups in total. The number of rotatable bonds is 4. The summed E-state index contributed by atoms with van der Waals surface area (Å²) in [6, 6.07) is 14.7. The molecule has 0 aromatic heterocycles. The Morgan fingerprint density at radius 3 is 1.91 bits per heavy atom. The minimum absolute atomic E-state index is 0.140. The van der Waals surface area contributed by atoms with Crippen molar-refractivity contribution in [3.05, 3.63) is 65.2 Å². The van der Waals surface area contributed by atoms with Crippen LogP contribution < -0.4 is 11.5 Å². The van der Waals surface area contributed by atoms with E-state index in [2.05, 4.69) is 0 Å². The summed E-state index contributed by atoms with van der Waals surface area (Å²) in [5.74, 6) is -0.264. The fraction of sp³-hybridized carbons (Fsp3) is 0.333. The van der Waals surface area contributed by atoms with Gasteiger partial charge >= 0.3 is 0 Å². The molecule has 122 valence electrons. The van der Waals surface area contributed by atoms with E-state index in [1.165, 1.54) is 0 Å². The van der Waals surface area contributed by atoms with E-state index in [-0.39, 0.29) is 12.5 Å². The molecule has 0 saturated heterocycles. The van der Waals surface area contributed by atoms with E-state index < -0.39 is 20.6 Å². The van der Waals surface area contributed by atoms with Gasteiger partial charge in [-0.1, -0.05) is 47.5 Å². The average Bonchev–Trinajstić information content (AvgIpc) is 3.16. The predicted octanol–water partition coefficient (Wildman–Crippen LogP) is 1.90. The number of hydrogen-bond acceptors (Lipinski definition) is 4. The monoisotopic (exact) mass is 330 g/mol. The van der Waals surface area contributed by atoms with Crippen molar-refractivity contribution in [3.63, 3.8) is 0 Å². The molecule has 5 heteroatoms. The summed E-state index contributed by atoms with van der Waals surface area (Å²) in [7, 11) is -3.51. The molecule has 1 aliphatic rings. The van der Waals surface area contributed by atoms with Crippen LogP contribution >= 0.6 is 0 Å². The summed E-state index contributed by atoms with van der Waals surface area (Å²) in [5, 5.41) is -0.676. The van der Waals surface area contributed by atoms with Gasteiger partial charge in [-0.05, 0) is 31.5 Å². The Morgan fingerprint density at radius 2 is 1.43 bits per heavy atom. The largest absolute Gasteiger partial charge is 0.329 e. The summed E-state index contributed by atoms with van der Waals surface area (Å²) < 4.78 is 26.0. The van der Waals surface area contributed by atoms with Crippen LogP contribution in [0.1, 0.15) is 22.6 Å². The second-order valence-electron chi connectivity index (χ2n) is 6.48. The van der Waals surface area contributed by atoms with Crippen LogP contribution in [0.2, 0.25) is 0 Å². The molecular weight excluding hydrogens is 308 g/mol. The molecule has 2 aromatic carbocycles. The highest BCUT2D eigenvalue weighted by Gasteiger charge is 2.68. The van der Waals surface area contributed by atoms with Gasteiger partial charge in [0, 0.05) is 12.5 Å². The van der Waals surface area contributed by atoms with Crippen LogP contribution in [0.15, 0.2) is 53.4 Å². The lowest BCUT2D eigenvalue weighted by Crippen LogP contribution is -2.39. The maximum atomic E-state index is 13.0. The van der Waals surface area contributed by atoms with Gasteiger partial charge < -0.3 is 11.5 Å². The van der Waals surface area contributed by atoms with Gasteiger partial charge in [0.1, 0.15) is 0 Å². The smallest absolute Gasteiger partial charge is 0.183 e. The zero-order valence-corrected chi connectivity index (χ0v) is 14.2. The lowest BCUT2D eigenvalue weighted by molar-refractivity contribution is 0.586. The van der Waals surface area contributed by atoms with Crippen LogP contribution in [0, 0.1) is 13.8 Å². The van der Waals surface area contributed by atoms with E-state index in [1.807, 2.05) is 38.1 Å². The third-order valence-corrected chi connectivity index (χ3v) is 7.09. The number of aryl methyl sites for hydroxylation is 2. The first kappa shape index (κ1) is 16.2. The molecule has 1 saturated carbocycles. The van der Waals surface area contributed by atoms with Crippen LogP contribution in [0.3, 0.4) is 0 Å². The van der Waals surface area contributed by atoms with Crippen molar-refractivity contribution in [1.82, 2.24) is 0 Å². The Hall–Kier alpha value is -1.69. The maximum Gasteiger partial charge on any atom is 0.183 e. The molecule has 4 nitrogen and oxygen atoms in total. The van der Waals surface area contributed by atoms with Gasteiger partial charge in [-0.25, -0.2) is 8.42 Å². The summed E-state index contributed by atoms with van der Waals surface area (Å²) in [4.78, 5) is 0.311. The quantitative estimate of drug-likeness (QED) is 0.896. The molecular formula is C18H22N2O2S. The Kier molecular flexibility index (Phi) is 3.83. The van der Waals surface area contributed by atoms with Crippen molar-refractivity contribution in [2.45, 2.75) is 35.4 Å². The first-order chi connectivity index (χ1) is 10.8. The number of nitrogens with two attached hydrogens (primary N) is 2. The van der Waals surface area contributed by atoms with Gasteiger partial charge in [-0.15, -0.1) is 0 Å². The number of benzene rings is 2. The van der Waals surface area contributed by atoms with E-state index >= 15 is 0 Å². The highest BCUT2D eigenvalue weighted by atomic mass is 32.2. The summed E-state index contributed by atoms with van der Waals surface area (Å²) in [6.07, 6.45) is 0. The van der Waals surface area contributed by atoms with Crippen LogP contribution in [0.5, 0.6) is 0 Å². The Bertz CT molecular complexity index is 813. The van der Waals surface area contributed by atoms with E-state index in [9.17, 15) is 8.42 Å². The molecule has 0 spiro atoms. The molecule has 3 unspecified atom stereocenters. The van der Waals surface area contributed by atoms with E-state index in [0.29, 0.717) is 4.90 Å². The Morgan fingerprint density at radius 1 is 0.957 bits per heavy atom. The van der Waals surface area contributed by atoms with Gasteiger partial charge in [0.05, 0.1) is 15.7 Å². The standard InChI is InChI=1S/C18H22N2O2S/c1-12-3-7-14(8-4-12)16-17(18(16,20)11-19)23(21,22)15-9-5-13(2)6-10-15/h3-10,16-17H,11,19-20H2,1-2H3. The molecule has 1 fully saturated rings. The van der Waals surface area contributed by atoms with Gasteiger partial charge in [0.2, 0.25) is 0 Å². The van der Waals surface area contributed by atoms with Crippen molar-refractivity contribution in [1.29, 1.82) is 0 Å². The molecule has 23 heavy (non-hydrogen) atoms. The maximum absolute atomic E-state index is 13.0. The topological polar surface area (TPSA) is 86.2 Å². The van der Waals surface area contributed by atoms with Crippen molar-refractivity contribution >= 4 is 9.84 Å². The molecule has 0 heterocycles. The normalized spacial score (nSPS) is 27.0. The average molecular weight is 330 g/mol. The zero-order valence-electron chi connectivity index (χ0n) is 13.4. The van der Waals surface area contributed by atoms with E-state index in [4.69, 9.17) is 11.5 Å². The van der Waals surface area contributed by atoms with E-state index in [1.54, 1.807) is 24.3 Å². The lowest BCUT2D eigenvalue weighted by atomic mass is 10.1. The first-order valence-corrected chi connectivity index (χ1v) is 9.21. The molecule has 0 radical (unpaired) electrons. The number of hydrogen-bond donors (Lipinski definition) is 2. The van der Waals surface area contributed by atoms with Crippen molar-refractivity contribution in [2.75, 3.05) is 6.54 Å². The van der Waals surface area contributed by atoms with E-state index in [0.717, 1.165) is 16.7 Å². The fourth-order valence-corrected chi connectivity index (χ4v) is 5.59. The lowest BCUT2D eigenvalue weighted by Gasteiger charge is -2.09. The third kappa shape index (κ3) is 2.59. The van der Waals surface area contributed by atoms with Crippen LogP contribution in [-0.4, -0.2) is 25.8 Å². The van der Waals surface area contributed by atoms with Crippen LogP contribution in [-0.2, 0) is 9.84 Å². The summed E-state index contributed by atoms with van der Waals surface area (Å²) in [5.41, 5.74) is 14.4. The SMILES string of the molecule is Cc1ccc(C2C(S(=O)(=O)c3ccc(C)cc3)C2(N)CN)cc1. The van der Waals surface area contributed by atoms with Crippen molar-refractivity contribution in [2.24, 2.45) is 11.5 Å². The number of sulfone groups is 1. The predicted molar refractivity (Wildman–Crippen MR) is 92.0 cm³/mol. The fourth-order valence-electron chi connectivity index (χ4n) is 3.27. The highest BCUT2D eigenvalue weighted by Crippen LogP contribution is 2.55. The molecule has 0 aliphatic heterocycles. The third-order valence-electron chi connectivity index (χ3n) is 4.78. The van der Waals surface area contributed by atoms with Gasteiger partial charge in [-0.3, -0.25) is 0 Å². The second-order valence-corrected chi connectivity index (χ2v) is 8.55. The molecule has 0 bridgehead atoms. The first-order valence-electron chi connectivity index (χ1n) is 7.67. The molecule has 1 aliphatic carbocycles. The Labute approximate surface area is 137 Å². The van der Waals surface area contributed by atoms with Crippen molar-refractivity contribution in [3.8, 4) is 0 Å². The van der Waals surface area contributed by atoms with Gasteiger partial charge in [-0.2, -0.15) is 0 Å². The van der Waals surface area contributed by atoms with Gasteiger partial charge in [0.25, 0.3) is 0 Å². The minimum atomic E-state index is -3.51. The zero-order chi connectivity index (χ0) is 16.8. The van der Waals surface area contributed by atoms with Crippen LogP contribution in [0.4, 0.5) is 0 Å². The van der Waals surface area contributed by atoms with Crippen molar-refractivity contribution < 1.29 is 8.42 Å². The second kappa shape index (κ2) is 5.44. The highest BCUT2D eigenvalue weighted by molar-refractivity contribution is 7.92.